The van der Waals surface area contributed by atoms with Gasteiger partial charge < -0.3 is 4.90 Å². The highest BCUT2D eigenvalue weighted by molar-refractivity contribution is 6.30. The summed E-state index contributed by atoms with van der Waals surface area (Å²) < 4.78 is 0. The van der Waals surface area contributed by atoms with E-state index in [0.29, 0.717) is 5.56 Å². The fourth-order valence-corrected chi connectivity index (χ4v) is 2.89. The van der Waals surface area contributed by atoms with Gasteiger partial charge in [-0.1, -0.05) is 41.4 Å². The van der Waals surface area contributed by atoms with Crippen LogP contribution < -0.4 is 0 Å². The summed E-state index contributed by atoms with van der Waals surface area (Å²) in [6.07, 6.45) is 0. The molecule has 1 amide bonds. The highest BCUT2D eigenvalue weighted by Crippen LogP contribution is 2.14. The van der Waals surface area contributed by atoms with Crippen molar-refractivity contribution >= 4 is 17.5 Å². The van der Waals surface area contributed by atoms with Gasteiger partial charge in [0.15, 0.2) is 0 Å². The maximum atomic E-state index is 12.5. The van der Waals surface area contributed by atoms with Crippen LogP contribution in [0.3, 0.4) is 0 Å². The topological polar surface area (TPSA) is 23.6 Å². The molecule has 0 atom stereocenters. The molecule has 1 aliphatic heterocycles. The average Bonchev–Trinajstić information content (AvgIpc) is 2.58. The van der Waals surface area contributed by atoms with Crippen LogP contribution in [0.25, 0.3) is 0 Å². The van der Waals surface area contributed by atoms with Gasteiger partial charge in [0, 0.05) is 43.3 Å². The SMILES string of the molecule is Cc1c[c]c(C(=O)N2CCN(Cc3ccc(Cl)cc3)CC2)cc1. The number of nitrogens with zero attached hydrogens (tertiary/aromatic N) is 2. The molecule has 1 saturated heterocycles. The molecule has 0 saturated carbocycles. The normalized spacial score (nSPS) is 15.7. The molecule has 1 fully saturated rings. The van der Waals surface area contributed by atoms with E-state index in [1.165, 1.54) is 5.56 Å². The van der Waals surface area contributed by atoms with Crippen molar-refractivity contribution in [2.75, 3.05) is 26.2 Å². The third-order valence-electron chi connectivity index (χ3n) is 4.18. The van der Waals surface area contributed by atoms with Gasteiger partial charge in [0.2, 0.25) is 0 Å². The molecule has 3 nitrogen and oxygen atoms in total. The molecule has 23 heavy (non-hydrogen) atoms. The summed E-state index contributed by atoms with van der Waals surface area (Å²) in [4.78, 5) is 16.8. The maximum Gasteiger partial charge on any atom is 0.254 e. The molecule has 0 aromatic heterocycles. The molecular formula is C19H20ClN2O. The van der Waals surface area contributed by atoms with Gasteiger partial charge in [-0.25, -0.2) is 0 Å². The summed E-state index contributed by atoms with van der Waals surface area (Å²) in [7, 11) is 0. The summed E-state index contributed by atoms with van der Waals surface area (Å²) in [6.45, 7) is 6.19. The summed E-state index contributed by atoms with van der Waals surface area (Å²) in [6, 6.07) is 16.7. The Bertz CT molecular complexity index is 659. The van der Waals surface area contributed by atoms with Gasteiger partial charge in [0.25, 0.3) is 5.91 Å². The third kappa shape index (κ3) is 4.12. The van der Waals surface area contributed by atoms with Crippen molar-refractivity contribution in [1.82, 2.24) is 9.80 Å². The molecule has 2 aromatic rings. The molecule has 3 rings (SSSR count). The molecule has 4 heteroatoms. The number of benzene rings is 2. The minimum atomic E-state index is 0.0798. The molecule has 119 valence electrons. The molecule has 0 bridgehead atoms. The maximum absolute atomic E-state index is 12.5. The smallest absolute Gasteiger partial charge is 0.254 e. The van der Waals surface area contributed by atoms with E-state index in [0.717, 1.165) is 43.3 Å². The quantitative estimate of drug-likeness (QED) is 0.862. The zero-order valence-corrected chi connectivity index (χ0v) is 14.0. The van der Waals surface area contributed by atoms with Crippen LogP contribution in [0, 0.1) is 13.0 Å². The fourth-order valence-electron chi connectivity index (χ4n) is 2.76. The number of piperazine rings is 1. The third-order valence-corrected chi connectivity index (χ3v) is 4.43. The lowest BCUT2D eigenvalue weighted by atomic mass is 10.1. The van der Waals surface area contributed by atoms with Gasteiger partial charge in [-0.05, 0) is 36.8 Å². The number of hydrogen-bond donors (Lipinski definition) is 0. The number of carbonyl (C=O) groups is 1. The Kier molecular flexibility index (Phi) is 4.99. The Balaban J connectivity index is 1.54. The Labute approximate surface area is 142 Å². The van der Waals surface area contributed by atoms with Crippen LogP contribution in [0.4, 0.5) is 0 Å². The van der Waals surface area contributed by atoms with E-state index in [1.54, 1.807) is 0 Å². The van der Waals surface area contributed by atoms with E-state index in [1.807, 2.05) is 42.2 Å². The van der Waals surface area contributed by atoms with Crippen LogP contribution in [0.2, 0.25) is 5.02 Å². The monoisotopic (exact) mass is 327 g/mol. The number of aryl methyl sites for hydroxylation is 1. The minimum Gasteiger partial charge on any atom is -0.336 e. The van der Waals surface area contributed by atoms with Crippen LogP contribution in [0.1, 0.15) is 21.5 Å². The van der Waals surface area contributed by atoms with Crippen molar-refractivity contribution in [3.63, 3.8) is 0 Å². The standard InChI is InChI=1S/C19H20ClN2O/c1-15-2-6-17(7-3-15)19(23)22-12-10-21(11-13-22)14-16-4-8-18(20)9-5-16/h2-6,8-9H,10-14H2,1H3. The second kappa shape index (κ2) is 7.16. The first-order valence-electron chi connectivity index (χ1n) is 7.86. The predicted molar refractivity (Wildman–Crippen MR) is 92.6 cm³/mol. The Morgan fingerprint density at radius 1 is 1.09 bits per heavy atom. The van der Waals surface area contributed by atoms with Crippen molar-refractivity contribution < 1.29 is 4.79 Å². The van der Waals surface area contributed by atoms with Crippen molar-refractivity contribution in [2.45, 2.75) is 13.5 Å². The first-order valence-corrected chi connectivity index (χ1v) is 8.24. The van der Waals surface area contributed by atoms with Crippen molar-refractivity contribution in [3.05, 3.63) is 70.2 Å². The van der Waals surface area contributed by atoms with Gasteiger partial charge >= 0.3 is 0 Å². The molecular weight excluding hydrogens is 308 g/mol. The number of hydrogen-bond acceptors (Lipinski definition) is 2. The van der Waals surface area contributed by atoms with Crippen molar-refractivity contribution in [2.24, 2.45) is 0 Å². The molecule has 0 N–H and O–H groups in total. The Morgan fingerprint density at radius 2 is 1.78 bits per heavy atom. The number of carbonyl (C=O) groups excluding carboxylic acids is 1. The van der Waals surface area contributed by atoms with Crippen LogP contribution in [0.5, 0.6) is 0 Å². The van der Waals surface area contributed by atoms with Crippen LogP contribution in [-0.4, -0.2) is 41.9 Å². The van der Waals surface area contributed by atoms with Gasteiger partial charge in [-0.2, -0.15) is 0 Å². The second-order valence-electron chi connectivity index (χ2n) is 5.97. The second-order valence-corrected chi connectivity index (χ2v) is 6.41. The molecule has 0 unspecified atom stereocenters. The largest absolute Gasteiger partial charge is 0.336 e. The molecule has 1 heterocycles. The highest BCUT2D eigenvalue weighted by Gasteiger charge is 2.22. The van der Waals surface area contributed by atoms with E-state index in [-0.39, 0.29) is 5.91 Å². The minimum absolute atomic E-state index is 0.0798. The van der Waals surface area contributed by atoms with Crippen molar-refractivity contribution in [1.29, 1.82) is 0 Å². The summed E-state index contributed by atoms with van der Waals surface area (Å²) >= 11 is 5.92. The lowest BCUT2D eigenvalue weighted by Gasteiger charge is -2.34. The van der Waals surface area contributed by atoms with E-state index in [9.17, 15) is 4.79 Å². The summed E-state index contributed by atoms with van der Waals surface area (Å²) in [5.41, 5.74) is 3.03. The zero-order chi connectivity index (χ0) is 16.2. The molecule has 0 aliphatic carbocycles. The van der Waals surface area contributed by atoms with E-state index in [4.69, 9.17) is 11.6 Å². The highest BCUT2D eigenvalue weighted by atomic mass is 35.5. The van der Waals surface area contributed by atoms with Gasteiger partial charge in [-0.15, -0.1) is 0 Å². The lowest BCUT2D eigenvalue weighted by Crippen LogP contribution is -2.48. The zero-order valence-electron chi connectivity index (χ0n) is 13.3. The van der Waals surface area contributed by atoms with Crippen LogP contribution in [-0.2, 0) is 6.54 Å². The van der Waals surface area contributed by atoms with Gasteiger partial charge in [0.1, 0.15) is 0 Å². The molecule has 1 radical (unpaired) electrons. The lowest BCUT2D eigenvalue weighted by molar-refractivity contribution is 0.0628. The predicted octanol–water partition coefficient (Wildman–Crippen LogP) is 3.41. The van der Waals surface area contributed by atoms with Crippen LogP contribution >= 0.6 is 11.6 Å². The molecule has 2 aromatic carbocycles. The fraction of sp³-hybridized carbons (Fsp3) is 0.316. The summed E-state index contributed by atoms with van der Waals surface area (Å²) in [5.74, 6) is 0.0798. The van der Waals surface area contributed by atoms with E-state index >= 15 is 0 Å². The van der Waals surface area contributed by atoms with Gasteiger partial charge in [-0.3, -0.25) is 9.69 Å². The number of rotatable bonds is 3. The van der Waals surface area contributed by atoms with Crippen LogP contribution in [0.15, 0.2) is 42.5 Å². The average molecular weight is 328 g/mol. The first-order chi connectivity index (χ1) is 11.1. The van der Waals surface area contributed by atoms with E-state index in [2.05, 4.69) is 23.1 Å². The molecule has 1 aliphatic rings. The Hall–Kier alpha value is -1.84. The van der Waals surface area contributed by atoms with Gasteiger partial charge in [0.05, 0.1) is 0 Å². The molecule has 0 spiro atoms. The number of halogens is 1. The van der Waals surface area contributed by atoms with Crippen molar-refractivity contribution in [3.8, 4) is 0 Å². The Morgan fingerprint density at radius 3 is 2.39 bits per heavy atom. The first kappa shape index (κ1) is 16.0. The summed E-state index contributed by atoms with van der Waals surface area (Å²) in [5, 5.41) is 0.763. The van der Waals surface area contributed by atoms with E-state index < -0.39 is 0 Å². The number of amides is 1.